The molecule has 1 rings (SSSR count). The van der Waals surface area contributed by atoms with E-state index in [9.17, 15) is 4.57 Å². The van der Waals surface area contributed by atoms with Gasteiger partial charge in [-0.25, -0.2) is 4.98 Å². The molecule has 3 N–H and O–H groups in total. The fourth-order valence-electron chi connectivity index (χ4n) is 0.782. The first kappa shape index (κ1) is 11.7. The Balaban J connectivity index is 2.75. The largest absolute Gasteiger partial charge is 0.356 e. The first-order chi connectivity index (χ1) is 6.39. The summed E-state index contributed by atoms with van der Waals surface area (Å²) in [4.78, 5) is 21.6. The summed E-state index contributed by atoms with van der Waals surface area (Å²) < 4.78 is 11.6. The predicted molar refractivity (Wildman–Crippen MR) is 57.1 cm³/mol. The second-order valence-corrected chi connectivity index (χ2v) is 5.64. The van der Waals surface area contributed by atoms with Crippen LogP contribution in [0.15, 0.2) is 22.8 Å². The van der Waals surface area contributed by atoms with Gasteiger partial charge in [0.1, 0.15) is 11.6 Å². The van der Waals surface area contributed by atoms with E-state index in [4.69, 9.17) is 9.79 Å². The van der Waals surface area contributed by atoms with E-state index in [1.165, 1.54) is 6.92 Å². The van der Waals surface area contributed by atoms with Crippen LogP contribution in [0.1, 0.15) is 6.92 Å². The van der Waals surface area contributed by atoms with Crippen LogP contribution >= 0.6 is 23.5 Å². The third-order valence-corrected chi connectivity index (χ3v) is 3.21. The third-order valence-electron chi connectivity index (χ3n) is 1.58. The highest BCUT2D eigenvalue weighted by Gasteiger charge is 2.23. The Labute approximate surface area is 89.8 Å². The highest BCUT2D eigenvalue weighted by Crippen LogP contribution is 2.40. The van der Waals surface area contributed by atoms with Crippen LogP contribution in [-0.2, 0) is 4.57 Å². The number of anilines is 1. The summed E-state index contributed by atoms with van der Waals surface area (Å²) in [6, 6.07) is 3.37. The van der Waals surface area contributed by atoms with Crippen LogP contribution in [0.25, 0.3) is 0 Å². The molecule has 7 heteroatoms. The molecule has 0 amide bonds. The topological polar surface area (TPSA) is 82.5 Å². The van der Waals surface area contributed by atoms with E-state index in [-0.39, 0.29) is 0 Å². The maximum atomic E-state index is 10.8. The van der Waals surface area contributed by atoms with E-state index in [1.807, 2.05) is 0 Å². The fraction of sp³-hybridized carbons (Fsp3) is 0.286. The van der Waals surface area contributed by atoms with Gasteiger partial charge in [-0.3, -0.25) is 4.57 Å². The van der Waals surface area contributed by atoms with E-state index in [1.54, 1.807) is 18.3 Å². The number of aromatic nitrogens is 1. The fourth-order valence-corrected chi connectivity index (χ4v) is 1.42. The summed E-state index contributed by atoms with van der Waals surface area (Å²) >= 11 is 3.23. The minimum Gasteiger partial charge on any atom is -0.356 e. The van der Waals surface area contributed by atoms with Crippen molar-refractivity contribution in [3.8, 4) is 0 Å². The second-order valence-electron chi connectivity index (χ2n) is 2.77. The van der Waals surface area contributed by atoms with Gasteiger partial charge in [-0.1, -0.05) is 15.9 Å². The smallest absolute Gasteiger partial charge is 0.347 e. The molecule has 0 aliphatic heterocycles. The number of rotatable bonds is 3. The summed E-state index contributed by atoms with van der Waals surface area (Å²) in [6.45, 7) is 1.41. The van der Waals surface area contributed by atoms with Gasteiger partial charge in [-0.15, -0.1) is 0 Å². The molecule has 0 radical (unpaired) electrons. The Morgan fingerprint density at radius 3 is 2.79 bits per heavy atom. The minimum atomic E-state index is -4.10. The zero-order chi connectivity index (χ0) is 10.8. The normalized spacial score (nSPS) is 13.7. The maximum absolute atomic E-state index is 10.8. The summed E-state index contributed by atoms with van der Waals surface area (Å²) in [5.41, 5.74) is 0. The molecule has 0 spiro atoms. The summed E-state index contributed by atoms with van der Waals surface area (Å²) in [5, 5.41) is 2.62. The lowest BCUT2D eigenvalue weighted by atomic mass is 10.4. The molecule has 0 aromatic carbocycles. The third kappa shape index (κ3) is 3.38. The molecule has 0 saturated carbocycles. The molecule has 1 aromatic rings. The van der Waals surface area contributed by atoms with Crippen molar-refractivity contribution < 1.29 is 14.4 Å². The van der Waals surface area contributed by atoms with Gasteiger partial charge in [-0.05, 0) is 19.1 Å². The zero-order valence-corrected chi connectivity index (χ0v) is 9.86. The number of nitrogens with one attached hydrogen (secondary N) is 1. The molecule has 0 bridgehead atoms. The summed E-state index contributed by atoms with van der Waals surface area (Å²) in [6.07, 6.45) is 1.54. The molecule has 0 fully saturated rings. The van der Waals surface area contributed by atoms with Crippen LogP contribution in [0.5, 0.6) is 0 Å². The SMILES string of the molecule is CC(Nc1cc(Br)ccn1)P(=O)(O)O. The van der Waals surface area contributed by atoms with Gasteiger partial charge in [0.15, 0.2) is 0 Å². The molecule has 1 aromatic heterocycles. The molecule has 5 nitrogen and oxygen atoms in total. The van der Waals surface area contributed by atoms with Crippen molar-refractivity contribution in [2.24, 2.45) is 0 Å². The Bertz CT molecular complexity index is 368. The average molecular weight is 281 g/mol. The van der Waals surface area contributed by atoms with Crippen molar-refractivity contribution >= 4 is 29.3 Å². The van der Waals surface area contributed by atoms with Gasteiger partial charge in [0.25, 0.3) is 0 Å². The molecular weight excluding hydrogens is 271 g/mol. The lowest BCUT2D eigenvalue weighted by molar-refractivity contribution is 0.364. The molecule has 1 atom stereocenters. The molecule has 14 heavy (non-hydrogen) atoms. The highest BCUT2D eigenvalue weighted by atomic mass is 79.9. The quantitative estimate of drug-likeness (QED) is 0.736. The number of halogens is 1. The van der Waals surface area contributed by atoms with Crippen LogP contribution in [0.3, 0.4) is 0 Å². The van der Waals surface area contributed by atoms with Crippen LogP contribution < -0.4 is 5.32 Å². The van der Waals surface area contributed by atoms with Crippen LogP contribution in [-0.4, -0.2) is 20.6 Å². The molecular formula is C7H10BrN2O3P. The Morgan fingerprint density at radius 2 is 2.29 bits per heavy atom. The van der Waals surface area contributed by atoms with Gasteiger partial charge >= 0.3 is 7.60 Å². The maximum Gasteiger partial charge on any atom is 0.347 e. The average Bonchev–Trinajstić information content (AvgIpc) is 2.02. The Kier molecular flexibility index (Phi) is 3.66. The van der Waals surface area contributed by atoms with E-state index in [0.717, 1.165) is 4.47 Å². The molecule has 0 aliphatic carbocycles. The van der Waals surface area contributed by atoms with Crippen molar-refractivity contribution in [1.82, 2.24) is 4.98 Å². The van der Waals surface area contributed by atoms with Crippen molar-refractivity contribution in [1.29, 1.82) is 0 Å². The zero-order valence-electron chi connectivity index (χ0n) is 7.38. The van der Waals surface area contributed by atoms with E-state index < -0.39 is 13.4 Å². The summed E-state index contributed by atoms with van der Waals surface area (Å²) in [5.74, 6) is -0.514. The predicted octanol–water partition coefficient (Wildman–Crippen LogP) is 1.78. The van der Waals surface area contributed by atoms with E-state index >= 15 is 0 Å². The van der Waals surface area contributed by atoms with E-state index in [0.29, 0.717) is 5.82 Å². The Morgan fingerprint density at radius 1 is 1.64 bits per heavy atom. The minimum absolute atomic E-state index is 0.426. The van der Waals surface area contributed by atoms with Crippen LogP contribution in [0, 0.1) is 0 Å². The first-order valence-corrected chi connectivity index (χ1v) is 6.30. The Hall–Kier alpha value is -0.420. The van der Waals surface area contributed by atoms with Crippen LogP contribution in [0.4, 0.5) is 5.82 Å². The number of nitrogens with zero attached hydrogens (tertiary/aromatic N) is 1. The van der Waals surface area contributed by atoms with Crippen molar-refractivity contribution in [3.63, 3.8) is 0 Å². The lowest BCUT2D eigenvalue weighted by Crippen LogP contribution is -2.15. The van der Waals surface area contributed by atoms with Gasteiger partial charge in [0.05, 0.1) is 0 Å². The highest BCUT2D eigenvalue weighted by molar-refractivity contribution is 9.10. The number of pyridine rings is 1. The van der Waals surface area contributed by atoms with Crippen molar-refractivity contribution in [3.05, 3.63) is 22.8 Å². The van der Waals surface area contributed by atoms with Crippen molar-refractivity contribution in [2.45, 2.75) is 12.7 Å². The van der Waals surface area contributed by atoms with Gasteiger partial charge in [0, 0.05) is 10.7 Å². The molecule has 78 valence electrons. The van der Waals surface area contributed by atoms with Crippen molar-refractivity contribution in [2.75, 3.05) is 5.32 Å². The van der Waals surface area contributed by atoms with E-state index in [2.05, 4.69) is 26.2 Å². The van der Waals surface area contributed by atoms with Gasteiger partial charge < -0.3 is 15.1 Å². The molecule has 1 heterocycles. The first-order valence-electron chi connectivity index (χ1n) is 3.83. The molecule has 0 saturated heterocycles. The molecule has 1 unspecified atom stereocenters. The second kappa shape index (κ2) is 4.40. The monoisotopic (exact) mass is 280 g/mol. The standard InChI is InChI=1S/C7H10BrN2O3P/c1-5(14(11,12)13)10-7-4-6(8)2-3-9-7/h2-5H,1H3,(H,9,10)(H2,11,12,13). The number of hydrogen-bond acceptors (Lipinski definition) is 3. The van der Waals surface area contributed by atoms with Gasteiger partial charge in [0.2, 0.25) is 0 Å². The van der Waals surface area contributed by atoms with Gasteiger partial charge in [-0.2, -0.15) is 0 Å². The summed E-state index contributed by atoms with van der Waals surface area (Å²) in [7, 11) is -4.10. The van der Waals surface area contributed by atoms with Crippen LogP contribution in [0.2, 0.25) is 0 Å². The molecule has 0 aliphatic rings. The number of hydrogen-bond donors (Lipinski definition) is 3. The lowest BCUT2D eigenvalue weighted by Gasteiger charge is -2.15.